The maximum absolute atomic E-state index is 12.7. The maximum atomic E-state index is 12.7. The first-order valence-corrected chi connectivity index (χ1v) is 7.17. The minimum atomic E-state index is -1.82. The van der Waals surface area contributed by atoms with Crippen molar-refractivity contribution in [3.8, 4) is 0 Å². The number of rotatable bonds is 3. The standard InChI is InChI=1S/C18H17NO3/c1-12(16(20)13-8-4-3-5-9-13)18(22)14-10-6-7-11-15(14)19(2)17(18)21/h3-12,22H,1-2H3/t12-,18-/m0/s1. The Bertz CT molecular complexity index is 741. The molecule has 0 saturated heterocycles. The summed E-state index contributed by atoms with van der Waals surface area (Å²) < 4.78 is 0. The molecule has 1 amide bonds. The van der Waals surface area contributed by atoms with Gasteiger partial charge in [-0.2, -0.15) is 0 Å². The van der Waals surface area contributed by atoms with Crippen LogP contribution >= 0.6 is 0 Å². The van der Waals surface area contributed by atoms with E-state index in [0.29, 0.717) is 16.8 Å². The summed E-state index contributed by atoms with van der Waals surface area (Å²) in [5.41, 5.74) is -0.205. The van der Waals surface area contributed by atoms with E-state index in [1.54, 1.807) is 62.5 Å². The smallest absolute Gasteiger partial charge is 0.264 e. The van der Waals surface area contributed by atoms with Gasteiger partial charge in [-0.25, -0.2) is 0 Å². The molecule has 2 aromatic rings. The number of Topliss-reactive ketones (excluding diaryl/α,β-unsaturated/α-hetero) is 1. The van der Waals surface area contributed by atoms with Gasteiger partial charge < -0.3 is 10.0 Å². The maximum Gasteiger partial charge on any atom is 0.264 e. The summed E-state index contributed by atoms with van der Waals surface area (Å²) in [7, 11) is 1.61. The monoisotopic (exact) mass is 295 g/mol. The minimum Gasteiger partial charge on any atom is -0.375 e. The third kappa shape index (κ3) is 1.88. The number of ketones is 1. The summed E-state index contributed by atoms with van der Waals surface area (Å²) in [5.74, 6) is -1.58. The highest BCUT2D eigenvalue weighted by molar-refractivity contribution is 6.11. The van der Waals surface area contributed by atoms with Crippen molar-refractivity contribution in [1.82, 2.24) is 0 Å². The van der Waals surface area contributed by atoms with E-state index in [1.165, 1.54) is 4.90 Å². The highest BCUT2D eigenvalue weighted by Crippen LogP contribution is 2.44. The number of carbonyl (C=O) groups is 2. The second kappa shape index (κ2) is 5.07. The molecule has 0 saturated carbocycles. The summed E-state index contributed by atoms with van der Waals surface area (Å²) in [4.78, 5) is 26.7. The molecule has 0 bridgehead atoms. The molecule has 0 aliphatic carbocycles. The van der Waals surface area contributed by atoms with E-state index in [0.717, 1.165) is 0 Å². The van der Waals surface area contributed by atoms with Crippen LogP contribution in [-0.4, -0.2) is 23.8 Å². The van der Waals surface area contributed by atoms with Crippen LogP contribution in [0.1, 0.15) is 22.8 Å². The number of fused-ring (bicyclic) bond motifs is 1. The molecule has 22 heavy (non-hydrogen) atoms. The molecule has 1 heterocycles. The van der Waals surface area contributed by atoms with Crippen LogP contribution in [0.3, 0.4) is 0 Å². The van der Waals surface area contributed by atoms with Crippen LogP contribution in [0.15, 0.2) is 54.6 Å². The van der Waals surface area contributed by atoms with Gasteiger partial charge in [0.25, 0.3) is 5.91 Å². The van der Waals surface area contributed by atoms with Gasteiger partial charge >= 0.3 is 0 Å². The second-order valence-electron chi connectivity index (χ2n) is 5.60. The van der Waals surface area contributed by atoms with Crippen LogP contribution in [-0.2, 0) is 10.4 Å². The fraction of sp³-hybridized carbons (Fsp3) is 0.222. The van der Waals surface area contributed by atoms with E-state index in [4.69, 9.17) is 0 Å². The van der Waals surface area contributed by atoms with Crippen molar-refractivity contribution in [2.75, 3.05) is 11.9 Å². The first-order chi connectivity index (χ1) is 10.5. The summed E-state index contributed by atoms with van der Waals surface area (Å²) in [6.07, 6.45) is 0. The summed E-state index contributed by atoms with van der Waals surface area (Å²) in [6.45, 7) is 1.60. The number of amides is 1. The second-order valence-corrected chi connectivity index (χ2v) is 5.60. The van der Waals surface area contributed by atoms with Gasteiger partial charge in [0.1, 0.15) is 0 Å². The van der Waals surface area contributed by atoms with Crippen LogP contribution < -0.4 is 4.90 Å². The molecule has 0 spiro atoms. The Morgan fingerprint density at radius 2 is 1.68 bits per heavy atom. The number of hydrogen-bond donors (Lipinski definition) is 1. The van der Waals surface area contributed by atoms with Gasteiger partial charge in [0, 0.05) is 18.2 Å². The summed E-state index contributed by atoms with van der Waals surface area (Å²) in [5, 5.41) is 11.1. The Balaban J connectivity index is 2.07. The minimum absolute atomic E-state index is 0.249. The normalized spacial score (nSPS) is 21.6. The van der Waals surface area contributed by atoms with Crippen LogP contribution in [0.25, 0.3) is 0 Å². The zero-order valence-corrected chi connectivity index (χ0v) is 12.5. The van der Waals surface area contributed by atoms with Crippen molar-refractivity contribution >= 4 is 17.4 Å². The lowest BCUT2D eigenvalue weighted by atomic mass is 9.79. The fourth-order valence-corrected chi connectivity index (χ4v) is 3.03. The van der Waals surface area contributed by atoms with E-state index in [-0.39, 0.29) is 5.78 Å². The molecule has 1 N–H and O–H groups in total. The number of carbonyl (C=O) groups excluding carboxylic acids is 2. The topological polar surface area (TPSA) is 57.6 Å². The van der Waals surface area contributed by atoms with E-state index in [9.17, 15) is 14.7 Å². The molecule has 0 fully saturated rings. The lowest BCUT2D eigenvalue weighted by Crippen LogP contribution is -2.46. The molecule has 0 unspecified atom stereocenters. The molecule has 1 aliphatic rings. The SMILES string of the molecule is C[C@@H](C(=O)c1ccccc1)[C@@]1(O)C(=O)N(C)c2ccccc21. The van der Waals surface area contributed by atoms with E-state index >= 15 is 0 Å². The lowest BCUT2D eigenvalue weighted by Gasteiger charge is -2.28. The Hall–Kier alpha value is -2.46. The highest BCUT2D eigenvalue weighted by Gasteiger charge is 2.54. The average molecular weight is 295 g/mol. The van der Waals surface area contributed by atoms with Gasteiger partial charge in [-0.15, -0.1) is 0 Å². The van der Waals surface area contributed by atoms with E-state index in [1.807, 2.05) is 6.07 Å². The highest BCUT2D eigenvalue weighted by atomic mass is 16.3. The predicted molar refractivity (Wildman–Crippen MR) is 83.7 cm³/mol. The van der Waals surface area contributed by atoms with Crippen molar-refractivity contribution in [3.63, 3.8) is 0 Å². The molecule has 0 aromatic heterocycles. The molecule has 3 rings (SSSR count). The lowest BCUT2D eigenvalue weighted by molar-refractivity contribution is -0.139. The third-order valence-corrected chi connectivity index (χ3v) is 4.38. The number of nitrogens with zero attached hydrogens (tertiary/aromatic N) is 1. The van der Waals surface area contributed by atoms with Crippen LogP contribution in [0.4, 0.5) is 5.69 Å². The molecule has 2 aromatic carbocycles. The predicted octanol–water partition coefficient (Wildman–Crippen LogP) is 2.37. The molecule has 1 aliphatic heterocycles. The number of para-hydroxylation sites is 1. The summed E-state index contributed by atoms with van der Waals surface area (Å²) in [6, 6.07) is 15.8. The first kappa shape index (κ1) is 14.5. The quantitative estimate of drug-likeness (QED) is 0.884. The number of likely N-dealkylation sites (N-methyl/N-ethyl adjacent to an activating group) is 1. The molecule has 4 heteroatoms. The van der Waals surface area contributed by atoms with Gasteiger partial charge in [0.15, 0.2) is 11.4 Å². The van der Waals surface area contributed by atoms with Crippen molar-refractivity contribution in [1.29, 1.82) is 0 Å². The van der Waals surface area contributed by atoms with Crippen LogP contribution in [0.2, 0.25) is 0 Å². The Morgan fingerprint density at radius 3 is 2.36 bits per heavy atom. The molecule has 4 nitrogen and oxygen atoms in total. The zero-order chi connectivity index (χ0) is 15.9. The van der Waals surface area contributed by atoms with Crippen molar-refractivity contribution < 1.29 is 14.7 Å². The Morgan fingerprint density at radius 1 is 1.09 bits per heavy atom. The third-order valence-electron chi connectivity index (χ3n) is 4.38. The largest absolute Gasteiger partial charge is 0.375 e. The summed E-state index contributed by atoms with van der Waals surface area (Å²) >= 11 is 0. The van der Waals surface area contributed by atoms with Crippen molar-refractivity contribution in [2.24, 2.45) is 5.92 Å². The number of benzene rings is 2. The number of aliphatic hydroxyl groups is 1. The van der Waals surface area contributed by atoms with Crippen LogP contribution in [0, 0.1) is 5.92 Å². The Labute approximate surface area is 129 Å². The first-order valence-electron chi connectivity index (χ1n) is 7.17. The van der Waals surface area contributed by atoms with Gasteiger partial charge in [-0.3, -0.25) is 9.59 Å². The van der Waals surface area contributed by atoms with E-state index < -0.39 is 17.4 Å². The van der Waals surface area contributed by atoms with Gasteiger partial charge in [-0.1, -0.05) is 55.5 Å². The average Bonchev–Trinajstić information content (AvgIpc) is 2.77. The van der Waals surface area contributed by atoms with E-state index in [2.05, 4.69) is 0 Å². The fourth-order valence-electron chi connectivity index (χ4n) is 3.03. The Kier molecular flexibility index (Phi) is 3.34. The zero-order valence-electron chi connectivity index (χ0n) is 12.5. The van der Waals surface area contributed by atoms with Crippen LogP contribution in [0.5, 0.6) is 0 Å². The molecule has 2 atom stereocenters. The van der Waals surface area contributed by atoms with Crippen molar-refractivity contribution in [3.05, 3.63) is 65.7 Å². The van der Waals surface area contributed by atoms with Gasteiger partial charge in [-0.05, 0) is 6.07 Å². The molecule has 0 radical (unpaired) electrons. The number of hydrogen-bond acceptors (Lipinski definition) is 3. The van der Waals surface area contributed by atoms with Gasteiger partial charge in [0.05, 0.1) is 11.6 Å². The molecule has 112 valence electrons. The number of anilines is 1. The molecular formula is C18H17NO3. The van der Waals surface area contributed by atoms with Gasteiger partial charge in [0.2, 0.25) is 0 Å². The molecular weight excluding hydrogens is 278 g/mol. The van der Waals surface area contributed by atoms with Crippen molar-refractivity contribution in [2.45, 2.75) is 12.5 Å².